The van der Waals surface area contributed by atoms with E-state index in [1.54, 1.807) is 31.3 Å². The summed E-state index contributed by atoms with van der Waals surface area (Å²) in [5.41, 5.74) is 8.55. The minimum atomic E-state index is -0.674. The first-order chi connectivity index (χ1) is 18.2. The van der Waals surface area contributed by atoms with Gasteiger partial charge in [0.2, 0.25) is 0 Å². The van der Waals surface area contributed by atoms with Crippen molar-refractivity contribution in [3.8, 4) is 16.9 Å². The molecule has 1 aromatic heterocycles. The van der Waals surface area contributed by atoms with Gasteiger partial charge in [0.15, 0.2) is 11.6 Å². The highest BCUT2D eigenvalue weighted by atomic mass is 35.5. The lowest BCUT2D eigenvalue weighted by molar-refractivity contribution is 0.0889. The zero-order valence-corrected chi connectivity index (χ0v) is 23.3. The van der Waals surface area contributed by atoms with Crippen molar-refractivity contribution in [3.63, 3.8) is 0 Å². The molecular weight excluding hydrogens is 526 g/mol. The molecule has 1 fully saturated rings. The van der Waals surface area contributed by atoms with E-state index in [0.29, 0.717) is 40.5 Å². The van der Waals surface area contributed by atoms with Crippen molar-refractivity contribution < 1.29 is 13.9 Å². The third-order valence-corrected chi connectivity index (χ3v) is 7.90. The maximum absolute atomic E-state index is 14.0. The van der Waals surface area contributed by atoms with Gasteiger partial charge >= 0.3 is 0 Å². The number of anilines is 1. The average Bonchev–Trinajstić information content (AvgIpc) is 2.89. The van der Waals surface area contributed by atoms with Crippen LogP contribution < -0.4 is 15.8 Å². The predicted octanol–water partition coefficient (Wildman–Crippen LogP) is 6.91. The Balaban J connectivity index is 1.41. The predicted molar refractivity (Wildman–Crippen MR) is 151 cm³/mol. The van der Waals surface area contributed by atoms with Crippen molar-refractivity contribution >= 4 is 34.9 Å². The van der Waals surface area contributed by atoms with Crippen LogP contribution >= 0.6 is 23.2 Å². The molecule has 6 nitrogen and oxygen atoms in total. The maximum atomic E-state index is 14.0. The summed E-state index contributed by atoms with van der Waals surface area (Å²) in [5, 5.41) is 3.23. The Morgan fingerprint density at radius 2 is 1.84 bits per heavy atom. The van der Waals surface area contributed by atoms with Gasteiger partial charge in [0.05, 0.1) is 5.02 Å². The summed E-state index contributed by atoms with van der Waals surface area (Å²) >= 11 is 12.4. The van der Waals surface area contributed by atoms with Crippen molar-refractivity contribution in [2.24, 2.45) is 0 Å². The van der Waals surface area contributed by atoms with Crippen molar-refractivity contribution in [2.45, 2.75) is 58.2 Å². The summed E-state index contributed by atoms with van der Waals surface area (Å²) in [6.07, 6.45) is 4.64. The molecular formula is C29H33Cl2FN4O2. The average molecular weight is 560 g/mol. The highest BCUT2D eigenvalue weighted by Gasteiger charge is 2.24. The molecule has 38 heavy (non-hydrogen) atoms. The molecule has 0 spiro atoms. The van der Waals surface area contributed by atoms with Crippen molar-refractivity contribution in [2.75, 3.05) is 18.8 Å². The lowest BCUT2D eigenvalue weighted by atomic mass is 9.98. The molecule has 1 saturated heterocycles. The standard InChI is InChI=1S/C29H33Cl2FN4O2/c1-17-5-4-6-18(2)36(17)14-13-34-29(37)21-9-7-20(8-10-21)22-15-25(28(33)35-16-22)38-19(3)26-23(30)11-12-24(32)27(26)31/h7-12,15-19H,4-6,13-14H2,1-3H3,(H2,33,35)(H,34,37)/t17-,18+,19?. The van der Waals surface area contributed by atoms with Gasteiger partial charge in [0.25, 0.3) is 5.91 Å². The number of carbonyl (C=O) groups is 1. The molecule has 0 aliphatic carbocycles. The first-order valence-electron chi connectivity index (χ1n) is 12.9. The fraction of sp³-hybridized carbons (Fsp3) is 0.379. The summed E-state index contributed by atoms with van der Waals surface area (Å²) in [4.78, 5) is 19.4. The van der Waals surface area contributed by atoms with E-state index in [1.165, 1.54) is 31.4 Å². The van der Waals surface area contributed by atoms with Gasteiger partial charge in [0, 0.05) is 53.1 Å². The Bertz CT molecular complexity index is 1280. The number of likely N-dealkylation sites (tertiary alicyclic amines) is 1. The van der Waals surface area contributed by atoms with E-state index < -0.39 is 11.9 Å². The van der Waals surface area contributed by atoms with Gasteiger partial charge in [-0.05, 0) is 69.5 Å². The molecule has 0 radical (unpaired) electrons. The summed E-state index contributed by atoms with van der Waals surface area (Å²) in [7, 11) is 0. The molecule has 3 atom stereocenters. The second-order valence-corrected chi connectivity index (χ2v) is 10.6. The van der Waals surface area contributed by atoms with E-state index in [1.807, 2.05) is 12.1 Å². The fourth-order valence-electron chi connectivity index (χ4n) is 5.00. The summed E-state index contributed by atoms with van der Waals surface area (Å²) in [5.74, 6) is -0.195. The van der Waals surface area contributed by atoms with Crippen LogP contribution in [0.2, 0.25) is 10.0 Å². The molecule has 3 N–H and O–H groups in total. The number of ether oxygens (including phenoxy) is 1. The van der Waals surface area contributed by atoms with Crippen molar-refractivity contribution in [3.05, 3.63) is 75.7 Å². The number of amides is 1. The van der Waals surface area contributed by atoms with Gasteiger partial charge < -0.3 is 15.8 Å². The molecule has 4 rings (SSSR count). The Labute approximate surface area is 233 Å². The number of piperidine rings is 1. The van der Waals surface area contributed by atoms with E-state index in [9.17, 15) is 9.18 Å². The third-order valence-electron chi connectivity index (χ3n) is 7.18. The highest BCUT2D eigenvalue weighted by Crippen LogP contribution is 2.37. The number of nitrogens with two attached hydrogens (primary N) is 1. The molecule has 9 heteroatoms. The monoisotopic (exact) mass is 558 g/mol. The molecule has 2 aromatic carbocycles. The summed E-state index contributed by atoms with van der Waals surface area (Å²) < 4.78 is 20.0. The molecule has 1 aliphatic rings. The highest BCUT2D eigenvalue weighted by molar-refractivity contribution is 6.36. The van der Waals surface area contributed by atoms with Gasteiger partial charge in [-0.15, -0.1) is 0 Å². The number of benzene rings is 2. The van der Waals surface area contributed by atoms with Crippen LogP contribution in [0.15, 0.2) is 48.7 Å². The number of nitrogen functional groups attached to an aromatic ring is 1. The van der Waals surface area contributed by atoms with Crippen molar-refractivity contribution in [1.82, 2.24) is 15.2 Å². The number of hydrogen-bond donors (Lipinski definition) is 2. The third kappa shape index (κ3) is 6.40. The van der Waals surface area contributed by atoms with Gasteiger partial charge in [-0.2, -0.15) is 0 Å². The van der Waals surface area contributed by atoms with Gasteiger partial charge in [-0.3, -0.25) is 9.69 Å². The molecule has 2 heterocycles. The maximum Gasteiger partial charge on any atom is 0.251 e. The van der Waals surface area contributed by atoms with Crippen LogP contribution in [0.3, 0.4) is 0 Å². The summed E-state index contributed by atoms with van der Waals surface area (Å²) in [6, 6.07) is 12.7. The topological polar surface area (TPSA) is 80.5 Å². The Morgan fingerprint density at radius 3 is 2.53 bits per heavy atom. The molecule has 1 aliphatic heterocycles. The quantitative estimate of drug-likeness (QED) is 0.293. The number of aromatic nitrogens is 1. The van der Waals surface area contributed by atoms with Crippen LogP contribution in [-0.2, 0) is 0 Å². The zero-order chi connectivity index (χ0) is 27.4. The van der Waals surface area contributed by atoms with Crippen LogP contribution in [-0.4, -0.2) is 41.0 Å². The van der Waals surface area contributed by atoms with Crippen LogP contribution in [0.1, 0.15) is 62.1 Å². The van der Waals surface area contributed by atoms with Gasteiger partial charge in [-0.25, -0.2) is 9.37 Å². The summed E-state index contributed by atoms with van der Waals surface area (Å²) in [6.45, 7) is 7.67. The Morgan fingerprint density at radius 1 is 1.16 bits per heavy atom. The number of pyridine rings is 1. The molecule has 0 saturated carbocycles. The van der Waals surface area contributed by atoms with E-state index in [2.05, 4.69) is 29.0 Å². The van der Waals surface area contributed by atoms with E-state index in [-0.39, 0.29) is 16.7 Å². The number of nitrogens with zero attached hydrogens (tertiary/aromatic N) is 2. The number of hydrogen-bond acceptors (Lipinski definition) is 5. The van der Waals surface area contributed by atoms with Gasteiger partial charge in [0.1, 0.15) is 11.9 Å². The van der Waals surface area contributed by atoms with Crippen LogP contribution in [0, 0.1) is 5.82 Å². The molecule has 0 bridgehead atoms. The molecule has 1 amide bonds. The van der Waals surface area contributed by atoms with Crippen LogP contribution in [0.25, 0.3) is 11.1 Å². The van der Waals surface area contributed by atoms with Crippen molar-refractivity contribution in [1.29, 1.82) is 0 Å². The SMILES string of the molecule is CC(Oc1cc(-c2ccc(C(=O)NCCN3[C@H](C)CCC[C@@H]3C)cc2)cnc1N)c1c(Cl)ccc(F)c1Cl. The normalized spacial score (nSPS) is 18.7. The van der Waals surface area contributed by atoms with Crippen LogP contribution in [0.4, 0.5) is 10.2 Å². The van der Waals surface area contributed by atoms with Crippen LogP contribution in [0.5, 0.6) is 5.75 Å². The van der Waals surface area contributed by atoms with Gasteiger partial charge in [-0.1, -0.05) is 41.8 Å². The smallest absolute Gasteiger partial charge is 0.251 e. The number of halogens is 3. The molecule has 1 unspecified atom stereocenters. The first kappa shape index (κ1) is 28.1. The number of rotatable bonds is 8. The van der Waals surface area contributed by atoms with E-state index in [4.69, 9.17) is 33.7 Å². The Hall–Kier alpha value is -2.87. The largest absolute Gasteiger partial charge is 0.482 e. The zero-order valence-electron chi connectivity index (χ0n) is 21.8. The second kappa shape index (κ2) is 12.3. The van der Waals surface area contributed by atoms with E-state index in [0.717, 1.165) is 17.7 Å². The Kier molecular flexibility index (Phi) is 9.13. The first-order valence-corrected chi connectivity index (χ1v) is 13.6. The molecule has 3 aromatic rings. The fourth-order valence-corrected chi connectivity index (χ4v) is 5.68. The number of nitrogens with one attached hydrogen (secondary N) is 1. The van der Waals surface area contributed by atoms with E-state index >= 15 is 0 Å². The minimum Gasteiger partial charge on any atom is -0.482 e. The number of carbonyl (C=O) groups excluding carboxylic acids is 1. The lowest BCUT2D eigenvalue weighted by Gasteiger charge is -2.39. The lowest BCUT2D eigenvalue weighted by Crippen LogP contribution is -2.47. The second-order valence-electron chi connectivity index (χ2n) is 9.82. The molecule has 202 valence electrons. The minimum absolute atomic E-state index is 0.0958.